The SMILES string of the molecule is C[C@@H](c1ccc(Cl)cc1F)N1CCC(CC(C)(C)C(N)=O)(c2ccc(F)cc2)OC1=O. The molecule has 2 amide bonds. The molecule has 0 spiro atoms. The van der Waals surface area contributed by atoms with Crippen molar-refractivity contribution in [3.05, 3.63) is 70.2 Å². The van der Waals surface area contributed by atoms with Gasteiger partial charge in [0.15, 0.2) is 0 Å². The molecule has 1 aliphatic rings. The third-order valence-electron chi connectivity index (χ3n) is 5.92. The Morgan fingerprint density at radius 1 is 1.26 bits per heavy atom. The molecule has 2 aromatic rings. The molecular weight excluding hydrogens is 426 g/mol. The molecule has 2 N–H and O–H groups in total. The van der Waals surface area contributed by atoms with E-state index < -0.39 is 40.7 Å². The minimum atomic E-state index is -1.17. The van der Waals surface area contributed by atoms with E-state index >= 15 is 0 Å². The summed E-state index contributed by atoms with van der Waals surface area (Å²) >= 11 is 5.83. The number of hydrogen-bond donors (Lipinski definition) is 1. The van der Waals surface area contributed by atoms with Gasteiger partial charge in [-0.1, -0.05) is 43.6 Å². The molecule has 2 aromatic carbocycles. The summed E-state index contributed by atoms with van der Waals surface area (Å²) in [5.41, 5.74) is 4.30. The maximum Gasteiger partial charge on any atom is 0.411 e. The average molecular weight is 451 g/mol. The fraction of sp³-hybridized carbons (Fsp3) is 0.391. The molecule has 1 heterocycles. The highest BCUT2D eigenvalue weighted by molar-refractivity contribution is 6.30. The van der Waals surface area contributed by atoms with Gasteiger partial charge in [-0.05, 0) is 36.8 Å². The molecule has 3 rings (SSSR count). The zero-order chi connectivity index (χ0) is 23.0. The first-order valence-corrected chi connectivity index (χ1v) is 10.3. The monoisotopic (exact) mass is 450 g/mol. The van der Waals surface area contributed by atoms with E-state index in [-0.39, 0.29) is 18.0 Å². The van der Waals surface area contributed by atoms with Gasteiger partial charge in [0.1, 0.15) is 17.2 Å². The van der Waals surface area contributed by atoms with E-state index in [1.807, 2.05) is 0 Å². The highest BCUT2D eigenvalue weighted by atomic mass is 35.5. The lowest BCUT2D eigenvalue weighted by molar-refractivity contribution is -0.133. The summed E-state index contributed by atoms with van der Waals surface area (Å²) in [6.07, 6.45) is -0.206. The first kappa shape index (κ1) is 23.0. The lowest BCUT2D eigenvalue weighted by Crippen LogP contribution is -2.51. The second kappa shape index (κ2) is 8.46. The molecule has 31 heavy (non-hydrogen) atoms. The van der Waals surface area contributed by atoms with E-state index in [1.54, 1.807) is 26.8 Å². The van der Waals surface area contributed by atoms with Crippen molar-refractivity contribution in [2.24, 2.45) is 11.1 Å². The summed E-state index contributed by atoms with van der Waals surface area (Å²) in [4.78, 5) is 26.5. The largest absolute Gasteiger partial charge is 0.438 e. The van der Waals surface area contributed by atoms with Crippen molar-refractivity contribution in [1.29, 1.82) is 0 Å². The van der Waals surface area contributed by atoms with Crippen molar-refractivity contribution in [3.8, 4) is 0 Å². The van der Waals surface area contributed by atoms with Crippen molar-refractivity contribution in [3.63, 3.8) is 0 Å². The second-order valence-electron chi connectivity index (χ2n) is 8.58. The van der Waals surface area contributed by atoms with Gasteiger partial charge in [0.2, 0.25) is 5.91 Å². The normalized spacial score (nSPS) is 20.3. The van der Waals surface area contributed by atoms with E-state index in [0.717, 1.165) is 0 Å². The molecule has 8 heteroatoms. The number of halogens is 3. The molecule has 1 aliphatic heterocycles. The van der Waals surface area contributed by atoms with Crippen LogP contribution in [0.2, 0.25) is 5.02 Å². The van der Waals surface area contributed by atoms with Crippen LogP contribution in [0.4, 0.5) is 13.6 Å². The molecule has 166 valence electrons. The van der Waals surface area contributed by atoms with E-state index in [9.17, 15) is 18.4 Å². The van der Waals surface area contributed by atoms with Crippen LogP contribution in [0.25, 0.3) is 0 Å². The van der Waals surface area contributed by atoms with Crippen molar-refractivity contribution in [2.45, 2.75) is 45.3 Å². The minimum Gasteiger partial charge on any atom is -0.438 e. The van der Waals surface area contributed by atoms with Crippen LogP contribution in [0, 0.1) is 17.0 Å². The fourth-order valence-electron chi connectivity index (χ4n) is 4.01. The van der Waals surface area contributed by atoms with Gasteiger partial charge in [-0.15, -0.1) is 0 Å². The van der Waals surface area contributed by atoms with Crippen LogP contribution >= 0.6 is 11.6 Å². The predicted molar refractivity (Wildman–Crippen MR) is 113 cm³/mol. The number of ether oxygens (including phenoxy) is 1. The van der Waals surface area contributed by atoms with Gasteiger partial charge in [0, 0.05) is 35.4 Å². The van der Waals surface area contributed by atoms with Gasteiger partial charge in [0.25, 0.3) is 0 Å². The van der Waals surface area contributed by atoms with E-state index in [2.05, 4.69) is 0 Å². The first-order valence-electron chi connectivity index (χ1n) is 9.96. The third kappa shape index (κ3) is 4.66. The molecule has 0 aliphatic carbocycles. The molecule has 2 atom stereocenters. The summed E-state index contributed by atoms with van der Waals surface area (Å²) in [5, 5.41) is 0.263. The Kier molecular flexibility index (Phi) is 6.28. The van der Waals surface area contributed by atoms with Crippen LogP contribution in [-0.4, -0.2) is 23.4 Å². The number of cyclic esters (lactones) is 1. The Labute approximate surface area is 185 Å². The van der Waals surface area contributed by atoms with Crippen molar-refractivity contribution >= 4 is 23.6 Å². The standard InChI is InChI=1S/C23H25ClF2N2O3/c1-14(18-9-6-16(24)12-19(18)26)28-11-10-23(31-21(28)30,13-22(2,3)20(27)29)15-4-7-17(25)8-5-15/h4-9,12,14H,10-11,13H2,1-3H3,(H2,27,29)/t14-,23?/m0/s1. The summed E-state index contributed by atoms with van der Waals surface area (Å²) in [5.74, 6) is -1.48. The van der Waals surface area contributed by atoms with Crippen LogP contribution < -0.4 is 5.73 Å². The number of carbonyl (C=O) groups is 2. The molecule has 1 saturated heterocycles. The van der Waals surface area contributed by atoms with Gasteiger partial charge in [0.05, 0.1) is 6.04 Å². The van der Waals surface area contributed by atoms with Crippen molar-refractivity contribution in [1.82, 2.24) is 4.90 Å². The molecule has 0 aromatic heterocycles. The molecule has 1 unspecified atom stereocenters. The highest BCUT2D eigenvalue weighted by Gasteiger charge is 2.48. The lowest BCUT2D eigenvalue weighted by atomic mass is 9.74. The number of carbonyl (C=O) groups excluding carboxylic acids is 2. The third-order valence-corrected chi connectivity index (χ3v) is 6.15. The van der Waals surface area contributed by atoms with Gasteiger partial charge in [-0.25, -0.2) is 13.6 Å². The number of benzene rings is 2. The molecule has 0 radical (unpaired) electrons. The summed E-state index contributed by atoms with van der Waals surface area (Å²) in [6, 6.07) is 9.33. The Bertz CT molecular complexity index is 997. The quantitative estimate of drug-likeness (QED) is 0.647. The van der Waals surface area contributed by atoms with Gasteiger partial charge in [-0.3, -0.25) is 4.79 Å². The van der Waals surface area contributed by atoms with Crippen LogP contribution in [0.1, 0.15) is 50.8 Å². The van der Waals surface area contributed by atoms with Gasteiger partial charge < -0.3 is 15.4 Å². The number of hydrogen-bond acceptors (Lipinski definition) is 3. The zero-order valence-electron chi connectivity index (χ0n) is 17.6. The Morgan fingerprint density at radius 2 is 1.90 bits per heavy atom. The lowest BCUT2D eigenvalue weighted by Gasteiger charge is -2.46. The Hall–Kier alpha value is -2.67. The number of primary amides is 1. The maximum atomic E-state index is 14.4. The predicted octanol–water partition coefficient (Wildman–Crippen LogP) is 5.32. The van der Waals surface area contributed by atoms with Crippen LogP contribution in [0.3, 0.4) is 0 Å². The van der Waals surface area contributed by atoms with Crippen LogP contribution in [-0.2, 0) is 15.1 Å². The van der Waals surface area contributed by atoms with Crippen molar-refractivity contribution < 1.29 is 23.1 Å². The molecule has 5 nitrogen and oxygen atoms in total. The number of amides is 2. The Morgan fingerprint density at radius 3 is 2.45 bits per heavy atom. The van der Waals surface area contributed by atoms with Crippen LogP contribution in [0.15, 0.2) is 42.5 Å². The first-order chi connectivity index (χ1) is 14.4. The smallest absolute Gasteiger partial charge is 0.411 e. The zero-order valence-corrected chi connectivity index (χ0v) is 18.4. The Balaban J connectivity index is 1.93. The molecule has 1 fully saturated rings. The number of nitrogens with two attached hydrogens (primary N) is 1. The maximum absolute atomic E-state index is 14.4. The average Bonchev–Trinajstić information content (AvgIpc) is 2.67. The summed E-state index contributed by atoms with van der Waals surface area (Å²) < 4.78 is 33.8. The second-order valence-corrected chi connectivity index (χ2v) is 9.02. The molecule has 0 saturated carbocycles. The van der Waals surface area contributed by atoms with E-state index in [1.165, 1.54) is 41.3 Å². The van der Waals surface area contributed by atoms with E-state index in [0.29, 0.717) is 17.5 Å². The molecular formula is C23H25ClF2N2O3. The van der Waals surface area contributed by atoms with E-state index in [4.69, 9.17) is 22.1 Å². The van der Waals surface area contributed by atoms with Gasteiger partial charge >= 0.3 is 6.09 Å². The van der Waals surface area contributed by atoms with Gasteiger partial charge in [-0.2, -0.15) is 0 Å². The summed E-state index contributed by atoms with van der Waals surface area (Å²) in [6.45, 7) is 5.29. The minimum absolute atomic E-state index is 0.129. The summed E-state index contributed by atoms with van der Waals surface area (Å²) in [7, 11) is 0. The topological polar surface area (TPSA) is 72.6 Å². The number of nitrogens with zero attached hydrogens (tertiary/aromatic N) is 1. The van der Waals surface area contributed by atoms with Crippen LogP contribution in [0.5, 0.6) is 0 Å². The highest BCUT2D eigenvalue weighted by Crippen LogP contribution is 2.44. The van der Waals surface area contributed by atoms with Crippen molar-refractivity contribution in [2.75, 3.05) is 6.54 Å². The number of rotatable bonds is 6. The fourth-order valence-corrected chi connectivity index (χ4v) is 4.17. The molecule has 0 bridgehead atoms.